The van der Waals surface area contributed by atoms with Crippen molar-refractivity contribution in [3.63, 3.8) is 0 Å². The molecular weight excluding hydrogens is 324 g/mol. The number of carbonyl (C=O) groups is 2. The lowest BCUT2D eigenvalue weighted by molar-refractivity contribution is -0.124. The van der Waals surface area contributed by atoms with E-state index in [1.807, 2.05) is 32.0 Å². The van der Waals surface area contributed by atoms with E-state index in [0.29, 0.717) is 11.7 Å². The molecule has 0 fully saturated rings. The topological polar surface area (TPSA) is 86.9 Å². The number of aryl methyl sites for hydroxylation is 1. The Hall–Kier alpha value is -2.28. The van der Waals surface area contributed by atoms with Gasteiger partial charge in [0.15, 0.2) is 5.16 Å². The Bertz CT molecular complexity index is 685. The molecule has 0 unspecified atom stereocenters. The zero-order valence-electron chi connectivity index (χ0n) is 13.9. The minimum Gasteiger partial charge on any atom is -0.355 e. The van der Waals surface area contributed by atoms with Crippen LogP contribution in [0.15, 0.2) is 35.5 Å². The largest absolute Gasteiger partial charge is 0.355 e. The van der Waals surface area contributed by atoms with Crippen LogP contribution in [-0.4, -0.2) is 40.6 Å². The number of rotatable bonds is 8. The average molecular weight is 346 g/mol. The van der Waals surface area contributed by atoms with E-state index in [4.69, 9.17) is 0 Å². The zero-order valence-corrected chi connectivity index (χ0v) is 14.7. The Balaban J connectivity index is 1.82. The fraction of sp³-hybridized carbons (Fsp3) is 0.353. The maximum Gasteiger partial charge on any atom is 0.239 e. The molecule has 0 aliphatic carbocycles. The molecule has 1 aromatic heterocycles. The quantitative estimate of drug-likeness (QED) is 0.634. The SMILES string of the molecule is CCNC(=O)CNC(=O)CSc1nc(Cc2ccccc2)c(C)[nH]1. The summed E-state index contributed by atoms with van der Waals surface area (Å²) >= 11 is 1.33. The number of nitrogens with one attached hydrogen (secondary N) is 3. The van der Waals surface area contributed by atoms with E-state index in [1.54, 1.807) is 0 Å². The van der Waals surface area contributed by atoms with E-state index >= 15 is 0 Å². The Labute approximate surface area is 145 Å². The van der Waals surface area contributed by atoms with E-state index in [0.717, 1.165) is 17.8 Å². The first-order valence-electron chi connectivity index (χ1n) is 7.84. The number of likely N-dealkylation sites (N-methyl/N-ethyl adjacent to an activating group) is 1. The van der Waals surface area contributed by atoms with Gasteiger partial charge < -0.3 is 15.6 Å². The van der Waals surface area contributed by atoms with Crippen LogP contribution in [0.5, 0.6) is 0 Å². The van der Waals surface area contributed by atoms with Crippen molar-refractivity contribution in [3.05, 3.63) is 47.3 Å². The van der Waals surface area contributed by atoms with Crippen molar-refractivity contribution < 1.29 is 9.59 Å². The van der Waals surface area contributed by atoms with E-state index in [1.165, 1.54) is 17.3 Å². The summed E-state index contributed by atoms with van der Waals surface area (Å²) in [6.07, 6.45) is 0.757. The van der Waals surface area contributed by atoms with Crippen molar-refractivity contribution in [1.29, 1.82) is 0 Å². The minimum absolute atomic E-state index is 0.00364. The maximum atomic E-state index is 11.8. The molecule has 2 amide bonds. The van der Waals surface area contributed by atoms with Crippen LogP contribution in [0.25, 0.3) is 0 Å². The van der Waals surface area contributed by atoms with Crippen LogP contribution >= 0.6 is 11.8 Å². The van der Waals surface area contributed by atoms with Gasteiger partial charge in [0.1, 0.15) is 0 Å². The number of hydrogen-bond donors (Lipinski definition) is 3. The maximum absolute atomic E-state index is 11.8. The van der Waals surface area contributed by atoms with Gasteiger partial charge in [0.2, 0.25) is 11.8 Å². The van der Waals surface area contributed by atoms with Gasteiger partial charge in [-0.1, -0.05) is 42.1 Å². The summed E-state index contributed by atoms with van der Waals surface area (Å²) in [5.41, 5.74) is 3.18. The highest BCUT2D eigenvalue weighted by Crippen LogP contribution is 2.18. The summed E-state index contributed by atoms with van der Waals surface area (Å²) in [6, 6.07) is 10.1. The highest BCUT2D eigenvalue weighted by Gasteiger charge is 2.10. The summed E-state index contributed by atoms with van der Waals surface area (Å²) < 4.78 is 0. The summed E-state index contributed by atoms with van der Waals surface area (Å²) in [4.78, 5) is 30.8. The van der Waals surface area contributed by atoms with Crippen LogP contribution in [0.1, 0.15) is 23.9 Å². The predicted octanol–water partition coefficient (Wildman–Crippen LogP) is 1.65. The van der Waals surface area contributed by atoms with Crippen molar-refractivity contribution in [3.8, 4) is 0 Å². The lowest BCUT2D eigenvalue weighted by atomic mass is 10.1. The second-order valence-corrected chi connectivity index (χ2v) is 6.26. The zero-order chi connectivity index (χ0) is 17.4. The number of H-pyrrole nitrogens is 1. The second kappa shape index (κ2) is 9.12. The van der Waals surface area contributed by atoms with Crippen LogP contribution < -0.4 is 10.6 Å². The number of amides is 2. The van der Waals surface area contributed by atoms with Gasteiger partial charge in [0.05, 0.1) is 18.0 Å². The Morgan fingerprint density at radius 2 is 1.92 bits per heavy atom. The van der Waals surface area contributed by atoms with E-state index < -0.39 is 0 Å². The second-order valence-electron chi connectivity index (χ2n) is 5.29. The van der Waals surface area contributed by atoms with Crippen molar-refractivity contribution in [1.82, 2.24) is 20.6 Å². The molecule has 3 N–H and O–H groups in total. The molecular formula is C17H22N4O2S. The molecule has 0 saturated carbocycles. The molecule has 0 atom stereocenters. The standard InChI is InChI=1S/C17H22N4O2S/c1-3-18-15(22)10-19-16(23)11-24-17-20-12(2)14(21-17)9-13-7-5-4-6-8-13/h4-8H,3,9-11H2,1-2H3,(H,18,22)(H,19,23)(H,20,21). The van der Waals surface area contributed by atoms with Gasteiger partial charge in [0, 0.05) is 18.7 Å². The molecule has 2 aromatic rings. The number of nitrogens with zero attached hydrogens (tertiary/aromatic N) is 1. The molecule has 0 saturated heterocycles. The summed E-state index contributed by atoms with van der Waals surface area (Å²) in [6.45, 7) is 4.37. The third kappa shape index (κ3) is 5.73. The van der Waals surface area contributed by atoms with Gasteiger partial charge in [-0.2, -0.15) is 0 Å². The molecule has 0 aliphatic rings. The van der Waals surface area contributed by atoms with Crippen molar-refractivity contribution in [2.75, 3.05) is 18.8 Å². The Morgan fingerprint density at radius 3 is 2.62 bits per heavy atom. The van der Waals surface area contributed by atoms with Crippen LogP contribution in [0.4, 0.5) is 0 Å². The molecule has 1 aromatic carbocycles. The fourth-order valence-corrected chi connectivity index (χ4v) is 2.89. The fourth-order valence-electron chi connectivity index (χ4n) is 2.12. The molecule has 2 rings (SSSR count). The van der Waals surface area contributed by atoms with E-state index in [-0.39, 0.29) is 24.1 Å². The normalized spacial score (nSPS) is 10.4. The number of aromatic amines is 1. The lowest BCUT2D eigenvalue weighted by Gasteiger charge is -2.04. The van der Waals surface area contributed by atoms with Gasteiger partial charge in [-0.15, -0.1) is 0 Å². The average Bonchev–Trinajstić information content (AvgIpc) is 2.92. The molecule has 0 radical (unpaired) electrons. The van der Waals surface area contributed by atoms with Crippen LogP contribution in [0.3, 0.4) is 0 Å². The van der Waals surface area contributed by atoms with E-state index in [9.17, 15) is 9.59 Å². The Kier molecular flexibility index (Phi) is 6.87. The summed E-state index contributed by atoms with van der Waals surface area (Å²) in [5, 5.41) is 5.93. The molecule has 128 valence electrons. The first-order valence-corrected chi connectivity index (χ1v) is 8.82. The van der Waals surface area contributed by atoms with Crippen molar-refractivity contribution in [2.24, 2.45) is 0 Å². The third-order valence-electron chi connectivity index (χ3n) is 3.34. The van der Waals surface area contributed by atoms with Gasteiger partial charge in [0.25, 0.3) is 0 Å². The first kappa shape index (κ1) is 18.1. The summed E-state index contributed by atoms with van der Waals surface area (Å²) in [7, 11) is 0. The number of benzene rings is 1. The molecule has 1 heterocycles. The number of carbonyl (C=O) groups excluding carboxylic acids is 2. The number of aromatic nitrogens is 2. The minimum atomic E-state index is -0.190. The number of thioether (sulfide) groups is 1. The van der Waals surface area contributed by atoms with Crippen LogP contribution in [0.2, 0.25) is 0 Å². The Morgan fingerprint density at radius 1 is 1.17 bits per heavy atom. The summed E-state index contributed by atoms with van der Waals surface area (Å²) in [5.74, 6) is -0.156. The van der Waals surface area contributed by atoms with Gasteiger partial charge >= 0.3 is 0 Å². The van der Waals surface area contributed by atoms with Gasteiger partial charge in [-0.05, 0) is 19.4 Å². The lowest BCUT2D eigenvalue weighted by Crippen LogP contribution is -2.37. The van der Waals surface area contributed by atoms with Crippen molar-refractivity contribution >= 4 is 23.6 Å². The first-order chi connectivity index (χ1) is 11.6. The highest BCUT2D eigenvalue weighted by molar-refractivity contribution is 7.99. The monoisotopic (exact) mass is 346 g/mol. The molecule has 7 heteroatoms. The molecule has 0 spiro atoms. The van der Waals surface area contributed by atoms with Crippen molar-refractivity contribution in [2.45, 2.75) is 25.4 Å². The molecule has 6 nitrogen and oxygen atoms in total. The van der Waals surface area contributed by atoms with Gasteiger partial charge in [-0.3, -0.25) is 9.59 Å². The highest BCUT2D eigenvalue weighted by atomic mass is 32.2. The van der Waals surface area contributed by atoms with Crippen LogP contribution in [0, 0.1) is 6.92 Å². The smallest absolute Gasteiger partial charge is 0.239 e. The van der Waals surface area contributed by atoms with Crippen LogP contribution in [-0.2, 0) is 16.0 Å². The third-order valence-corrected chi connectivity index (χ3v) is 4.21. The number of imidazole rings is 1. The molecule has 0 aliphatic heterocycles. The molecule has 0 bridgehead atoms. The predicted molar refractivity (Wildman–Crippen MR) is 95.0 cm³/mol. The number of hydrogen-bond acceptors (Lipinski definition) is 4. The van der Waals surface area contributed by atoms with Gasteiger partial charge in [-0.25, -0.2) is 4.98 Å². The van der Waals surface area contributed by atoms with E-state index in [2.05, 4.69) is 32.7 Å². The molecule has 24 heavy (non-hydrogen) atoms.